The maximum absolute atomic E-state index is 13.3. The van der Waals surface area contributed by atoms with Gasteiger partial charge in [-0.25, -0.2) is 4.79 Å². The molecule has 1 saturated heterocycles. The van der Waals surface area contributed by atoms with E-state index in [1.165, 1.54) is 10.6 Å². The van der Waals surface area contributed by atoms with Crippen molar-refractivity contribution in [1.82, 2.24) is 9.55 Å². The summed E-state index contributed by atoms with van der Waals surface area (Å²) in [5.41, 5.74) is -0.841. The third-order valence-electron chi connectivity index (χ3n) is 4.79. The summed E-state index contributed by atoms with van der Waals surface area (Å²) in [4.78, 5) is 16.8. The van der Waals surface area contributed by atoms with Crippen molar-refractivity contribution >= 4 is 16.7 Å². The van der Waals surface area contributed by atoms with E-state index in [9.17, 15) is 18.0 Å². The highest BCUT2D eigenvalue weighted by Crippen LogP contribution is 2.33. The molecule has 28 heavy (non-hydrogen) atoms. The number of hydrogen-bond acceptors (Lipinski definition) is 4. The van der Waals surface area contributed by atoms with Crippen molar-refractivity contribution in [2.75, 3.05) is 18.5 Å². The molecule has 0 spiro atoms. The van der Waals surface area contributed by atoms with E-state index in [0.29, 0.717) is 17.6 Å². The van der Waals surface area contributed by atoms with Gasteiger partial charge in [-0.05, 0) is 43.2 Å². The average Bonchev–Trinajstić information content (AvgIpc) is 2.63. The molecule has 2 heterocycles. The van der Waals surface area contributed by atoms with Gasteiger partial charge in [-0.3, -0.25) is 4.57 Å². The largest absolute Gasteiger partial charge is 0.416 e. The summed E-state index contributed by atoms with van der Waals surface area (Å²) in [6.07, 6.45) is -2.60. The molecule has 3 aromatic rings. The predicted octanol–water partition coefficient (Wildman–Crippen LogP) is 4.24. The number of ether oxygens (including phenoxy) is 1. The van der Waals surface area contributed by atoms with Gasteiger partial charge in [-0.1, -0.05) is 18.2 Å². The topological polar surface area (TPSA) is 56.1 Å². The number of alkyl halides is 3. The monoisotopic (exact) mass is 391 g/mol. The SMILES string of the molecule is O=c1nc(NCCC2CCO2)c2ccc(C(F)(F)F)cc2n1-c1ccccc1.[HH]. The summed E-state index contributed by atoms with van der Waals surface area (Å²) in [6, 6.07) is 11.9. The van der Waals surface area contributed by atoms with E-state index in [-0.39, 0.29) is 18.9 Å². The number of benzene rings is 2. The lowest BCUT2D eigenvalue weighted by atomic mass is 10.1. The van der Waals surface area contributed by atoms with Gasteiger partial charge in [0, 0.05) is 20.0 Å². The van der Waals surface area contributed by atoms with Crippen molar-refractivity contribution in [3.63, 3.8) is 0 Å². The van der Waals surface area contributed by atoms with Gasteiger partial charge in [0.1, 0.15) is 5.82 Å². The van der Waals surface area contributed by atoms with Crippen LogP contribution in [-0.2, 0) is 10.9 Å². The minimum atomic E-state index is -4.51. The summed E-state index contributed by atoms with van der Waals surface area (Å²) in [5.74, 6) is 0.278. The lowest BCUT2D eigenvalue weighted by Crippen LogP contribution is -2.29. The Morgan fingerprint density at radius 2 is 1.96 bits per heavy atom. The summed E-state index contributed by atoms with van der Waals surface area (Å²) in [5, 5.41) is 3.53. The minimum Gasteiger partial charge on any atom is -0.378 e. The molecule has 148 valence electrons. The van der Waals surface area contributed by atoms with Crippen LogP contribution in [0.25, 0.3) is 16.6 Å². The van der Waals surface area contributed by atoms with Gasteiger partial charge < -0.3 is 10.1 Å². The number of rotatable bonds is 5. The molecular formula is C20H20F3N3O2. The van der Waals surface area contributed by atoms with E-state index >= 15 is 0 Å². The van der Waals surface area contributed by atoms with Crippen molar-refractivity contribution < 1.29 is 19.3 Å². The van der Waals surface area contributed by atoms with Gasteiger partial charge in [0.25, 0.3) is 0 Å². The second-order valence-corrected chi connectivity index (χ2v) is 6.64. The second-order valence-electron chi connectivity index (χ2n) is 6.64. The molecule has 0 radical (unpaired) electrons. The summed E-state index contributed by atoms with van der Waals surface area (Å²) in [6.45, 7) is 1.27. The van der Waals surface area contributed by atoms with Gasteiger partial charge in [0.15, 0.2) is 0 Å². The Kier molecular flexibility index (Phi) is 4.80. The molecule has 1 aliphatic heterocycles. The minimum absolute atomic E-state index is 0. The van der Waals surface area contributed by atoms with E-state index in [1.807, 2.05) is 0 Å². The Balaban J connectivity index is 0.00000240. The Morgan fingerprint density at radius 3 is 2.61 bits per heavy atom. The lowest BCUT2D eigenvalue weighted by molar-refractivity contribution is -0.137. The van der Waals surface area contributed by atoms with Crippen LogP contribution in [0.1, 0.15) is 19.8 Å². The van der Waals surface area contributed by atoms with Gasteiger partial charge in [-0.15, -0.1) is 0 Å². The molecule has 0 bridgehead atoms. The number of para-hydroxylation sites is 1. The van der Waals surface area contributed by atoms with Gasteiger partial charge in [-0.2, -0.15) is 18.2 Å². The van der Waals surface area contributed by atoms with Crippen LogP contribution in [0.5, 0.6) is 0 Å². The van der Waals surface area contributed by atoms with Crippen molar-refractivity contribution in [2.45, 2.75) is 25.1 Å². The molecule has 1 aliphatic rings. The van der Waals surface area contributed by atoms with Crippen LogP contribution in [0.2, 0.25) is 0 Å². The number of nitrogens with one attached hydrogen (secondary N) is 1. The molecule has 1 atom stereocenters. The summed E-state index contributed by atoms with van der Waals surface area (Å²) >= 11 is 0. The normalized spacial score (nSPS) is 16.8. The predicted molar refractivity (Wildman–Crippen MR) is 102 cm³/mol. The lowest BCUT2D eigenvalue weighted by Gasteiger charge is -2.26. The molecular weight excluding hydrogens is 371 g/mol. The zero-order valence-electron chi connectivity index (χ0n) is 14.9. The highest BCUT2D eigenvalue weighted by molar-refractivity contribution is 5.90. The van der Waals surface area contributed by atoms with Crippen LogP contribution in [-0.4, -0.2) is 28.8 Å². The molecule has 4 rings (SSSR count). The number of anilines is 1. The van der Waals surface area contributed by atoms with E-state index in [4.69, 9.17) is 4.74 Å². The van der Waals surface area contributed by atoms with Crippen LogP contribution in [0.3, 0.4) is 0 Å². The van der Waals surface area contributed by atoms with Crippen LogP contribution in [0.4, 0.5) is 19.0 Å². The molecule has 2 aromatic carbocycles. The summed E-state index contributed by atoms with van der Waals surface area (Å²) in [7, 11) is 0. The third kappa shape index (κ3) is 3.60. The van der Waals surface area contributed by atoms with Crippen LogP contribution < -0.4 is 11.0 Å². The number of nitrogens with zero attached hydrogens (tertiary/aromatic N) is 2. The highest BCUT2D eigenvalue weighted by Gasteiger charge is 2.31. The fourth-order valence-electron chi connectivity index (χ4n) is 3.23. The van der Waals surface area contributed by atoms with Crippen molar-refractivity contribution in [2.24, 2.45) is 0 Å². The first-order chi connectivity index (χ1) is 13.4. The molecule has 8 heteroatoms. The van der Waals surface area contributed by atoms with Gasteiger partial charge in [0.2, 0.25) is 0 Å². The van der Waals surface area contributed by atoms with Crippen LogP contribution in [0.15, 0.2) is 53.3 Å². The maximum atomic E-state index is 13.3. The first-order valence-electron chi connectivity index (χ1n) is 8.98. The van der Waals surface area contributed by atoms with Gasteiger partial charge >= 0.3 is 11.9 Å². The molecule has 0 aliphatic carbocycles. The molecule has 1 fully saturated rings. The van der Waals surface area contributed by atoms with E-state index in [0.717, 1.165) is 31.6 Å². The quantitative estimate of drug-likeness (QED) is 0.707. The molecule has 5 nitrogen and oxygen atoms in total. The zero-order chi connectivity index (χ0) is 19.7. The molecule has 0 saturated carbocycles. The first-order valence-corrected chi connectivity index (χ1v) is 8.98. The Bertz CT molecular complexity index is 1050. The smallest absolute Gasteiger partial charge is 0.378 e. The maximum Gasteiger partial charge on any atom is 0.416 e. The fourth-order valence-corrected chi connectivity index (χ4v) is 3.23. The highest BCUT2D eigenvalue weighted by atomic mass is 19.4. The van der Waals surface area contributed by atoms with Crippen LogP contribution in [0, 0.1) is 0 Å². The second kappa shape index (κ2) is 7.27. The fraction of sp³-hybridized carbons (Fsp3) is 0.300. The van der Waals surface area contributed by atoms with Crippen molar-refractivity contribution in [1.29, 1.82) is 0 Å². The molecule has 1 unspecified atom stereocenters. The summed E-state index contributed by atoms with van der Waals surface area (Å²) < 4.78 is 46.3. The number of aromatic nitrogens is 2. The Morgan fingerprint density at radius 1 is 1.21 bits per heavy atom. The molecule has 1 N–H and O–H groups in total. The van der Waals surface area contributed by atoms with E-state index in [1.54, 1.807) is 30.3 Å². The average molecular weight is 391 g/mol. The third-order valence-corrected chi connectivity index (χ3v) is 4.79. The van der Waals surface area contributed by atoms with E-state index in [2.05, 4.69) is 10.3 Å². The molecule has 1 aromatic heterocycles. The number of halogens is 3. The Hall–Kier alpha value is -2.87. The zero-order valence-corrected chi connectivity index (χ0v) is 14.9. The Labute approximate surface area is 160 Å². The van der Waals surface area contributed by atoms with Crippen molar-refractivity contribution in [3.05, 3.63) is 64.6 Å². The first kappa shape index (κ1) is 18.5. The van der Waals surface area contributed by atoms with Crippen LogP contribution >= 0.6 is 0 Å². The van der Waals surface area contributed by atoms with Gasteiger partial charge in [0.05, 0.1) is 22.9 Å². The number of hydrogen-bond donors (Lipinski definition) is 1. The molecule has 0 amide bonds. The van der Waals surface area contributed by atoms with Crippen molar-refractivity contribution in [3.8, 4) is 5.69 Å². The standard InChI is InChI=1S/C20H18F3N3O2.H2/c21-20(22,23)13-6-7-16-17(12-13)26(14-4-2-1-3-5-14)19(27)25-18(16)24-10-8-15-9-11-28-15;/h1-7,12,15H,8-11H2,(H,24,25,27);1H. The van der Waals surface area contributed by atoms with E-state index < -0.39 is 17.4 Å². The number of fused-ring (bicyclic) bond motifs is 1.